The fourth-order valence-electron chi connectivity index (χ4n) is 3.36. The van der Waals surface area contributed by atoms with Crippen molar-refractivity contribution in [1.82, 2.24) is 0 Å². The first-order chi connectivity index (χ1) is 10.2. The molecule has 0 unspecified atom stereocenters. The Morgan fingerprint density at radius 3 is 2.38 bits per heavy atom. The summed E-state index contributed by atoms with van der Waals surface area (Å²) in [5.74, 6) is 1.24. The monoisotopic (exact) mass is 282 g/mol. The Hall–Kier alpha value is -1.96. The average molecular weight is 282 g/mol. The minimum absolute atomic E-state index is 0.304. The Bertz CT molecular complexity index is 613. The Morgan fingerprint density at radius 2 is 1.62 bits per heavy atom. The highest BCUT2D eigenvalue weighted by atomic mass is 16.3. The van der Waals surface area contributed by atoms with Crippen LogP contribution in [0.3, 0.4) is 0 Å². The topological polar surface area (TPSA) is 40.5 Å². The number of benzene rings is 2. The molecule has 0 aromatic heterocycles. The van der Waals surface area contributed by atoms with Crippen LogP contribution in [0.5, 0.6) is 11.5 Å². The summed E-state index contributed by atoms with van der Waals surface area (Å²) < 4.78 is 0. The third kappa shape index (κ3) is 3.38. The fourth-order valence-corrected chi connectivity index (χ4v) is 3.36. The molecule has 1 fully saturated rings. The quantitative estimate of drug-likeness (QED) is 0.854. The maximum atomic E-state index is 10.2. The molecule has 0 heterocycles. The molecule has 0 saturated heterocycles. The van der Waals surface area contributed by atoms with E-state index in [0.29, 0.717) is 17.4 Å². The molecule has 2 aromatic rings. The van der Waals surface area contributed by atoms with E-state index in [-0.39, 0.29) is 0 Å². The van der Waals surface area contributed by atoms with E-state index in [4.69, 9.17) is 0 Å². The summed E-state index contributed by atoms with van der Waals surface area (Å²) in [6.45, 7) is 0. The van der Waals surface area contributed by atoms with Crippen LogP contribution in [0.4, 0.5) is 0 Å². The number of hydrogen-bond acceptors (Lipinski definition) is 2. The minimum Gasteiger partial charge on any atom is -0.508 e. The summed E-state index contributed by atoms with van der Waals surface area (Å²) in [5, 5.41) is 19.7. The van der Waals surface area contributed by atoms with Crippen molar-refractivity contribution < 1.29 is 10.2 Å². The van der Waals surface area contributed by atoms with Gasteiger partial charge in [0.25, 0.3) is 0 Å². The van der Waals surface area contributed by atoms with Gasteiger partial charge in [0, 0.05) is 0 Å². The lowest BCUT2D eigenvalue weighted by molar-refractivity contribution is 0.414. The van der Waals surface area contributed by atoms with Crippen LogP contribution in [0.15, 0.2) is 42.5 Å². The summed E-state index contributed by atoms with van der Waals surface area (Å²) in [6, 6.07) is 13.3. The summed E-state index contributed by atoms with van der Waals surface area (Å²) in [4.78, 5) is 0. The van der Waals surface area contributed by atoms with E-state index in [2.05, 4.69) is 6.07 Å². The fraction of sp³-hybridized carbons (Fsp3) is 0.368. The highest BCUT2D eigenvalue weighted by Gasteiger charge is 2.18. The van der Waals surface area contributed by atoms with Gasteiger partial charge >= 0.3 is 0 Å². The van der Waals surface area contributed by atoms with Gasteiger partial charge in [-0.2, -0.15) is 0 Å². The molecular formula is C19H22O2. The molecular weight excluding hydrogens is 260 g/mol. The molecule has 0 spiro atoms. The third-order valence-electron chi connectivity index (χ3n) is 4.46. The van der Waals surface area contributed by atoms with Crippen molar-refractivity contribution in [2.45, 2.75) is 44.4 Å². The van der Waals surface area contributed by atoms with E-state index in [1.165, 1.54) is 37.7 Å². The van der Waals surface area contributed by atoms with Crippen LogP contribution in [-0.2, 0) is 6.42 Å². The van der Waals surface area contributed by atoms with E-state index in [1.54, 1.807) is 12.1 Å². The van der Waals surface area contributed by atoms with E-state index >= 15 is 0 Å². The molecule has 0 atom stereocenters. The molecule has 2 N–H and O–H groups in total. The van der Waals surface area contributed by atoms with Crippen LogP contribution in [0.1, 0.15) is 54.7 Å². The molecule has 1 aliphatic carbocycles. The van der Waals surface area contributed by atoms with Crippen LogP contribution >= 0.6 is 0 Å². The summed E-state index contributed by atoms with van der Waals surface area (Å²) in [7, 11) is 0. The first kappa shape index (κ1) is 14.0. The van der Waals surface area contributed by atoms with Gasteiger partial charge in [-0.1, -0.05) is 43.5 Å². The number of aromatic hydroxyl groups is 2. The van der Waals surface area contributed by atoms with Gasteiger partial charge in [-0.15, -0.1) is 0 Å². The number of phenols is 2. The van der Waals surface area contributed by atoms with Crippen molar-refractivity contribution in [1.29, 1.82) is 0 Å². The molecule has 110 valence electrons. The van der Waals surface area contributed by atoms with Gasteiger partial charge in [0.1, 0.15) is 11.5 Å². The molecule has 2 heteroatoms. The van der Waals surface area contributed by atoms with Crippen molar-refractivity contribution in [2.24, 2.45) is 0 Å². The minimum atomic E-state index is 0.304. The normalized spacial score (nSPS) is 16.0. The molecule has 0 bridgehead atoms. The van der Waals surface area contributed by atoms with Crippen molar-refractivity contribution >= 4 is 0 Å². The average Bonchev–Trinajstić information content (AvgIpc) is 2.50. The van der Waals surface area contributed by atoms with Crippen LogP contribution in [0.25, 0.3) is 0 Å². The second-order valence-electron chi connectivity index (χ2n) is 6.07. The van der Waals surface area contributed by atoms with Gasteiger partial charge in [-0.05, 0) is 60.1 Å². The van der Waals surface area contributed by atoms with Crippen molar-refractivity contribution in [3.05, 3.63) is 59.2 Å². The lowest BCUT2D eigenvalue weighted by Gasteiger charge is -2.23. The van der Waals surface area contributed by atoms with Crippen LogP contribution in [0, 0.1) is 0 Å². The Kier molecular flexibility index (Phi) is 4.14. The van der Waals surface area contributed by atoms with Gasteiger partial charge < -0.3 is 10.2 Å². The molecule has 0 aliphatic heterocycles. The molecule has 0 amide bonds. The molecule has 1 aliphatic rings. The van der Waals surface area contributed by atoms with Crippen molar-refractivity contribution in [2.75, 3.05) is 0 Å². The summed E-state index contributed by atoms with van der Waals surface area (Å²) >= 11 is 0. The lowest BCUT2D eigenvalue weighted by atomic mass is 9.83. The van der Waals surface area contributed by atoms with Crippen LogP contribution < -0.4 is 0 Å². The Balaban J connectivity index is 1.83. The molecule has 2 nitrogen and oxygen atoms in total. The predicted molar refractivity (Wildman–Crippen MR) is 84.8 cm³/mol. The largest absolute Gasteiger partial charge is 0.508 e. The standard InChI is InChI=1S/C19H22O2/c20-17-8-4-5-14(12-17)11-15-9-10-19(21)18(13-15)16-6-2-1-3-7-16/h4-5,8-10,12-13,16,20-21H,1-3,6-7,11H2. The van der Waals surface area contributed by atoms with E-state index < -0.39 is 0 Å². The number of phenolic OH excluding ortho intramolecular Hbond substituents is 2. The predicted octanol–water partition coefficient (Wildman–Crippen LogP) is 4.74. The number of hydrogen-bond donors (Lipinski definition) is 2. The van der Waals surface area contributed by atoms with Gasteiger partial charge in [0.2, 0.25) is 0 Å². The van der Waals surface area contributed by atoms with Crippen LogP contribution in [0.2, 0.25) is 0 Å². The zero-order valence-electron chi connectivity index (χ0n) is 12.3. The van der Waals surface area contributed by atoms with Crippen LogP contribution in [-0.4, -0.2) is 10.2 Å². The van der Waals surface area contributed by atoms with Gasteiger partial charge in [-0.3, -0.25) is 0 Å². The zero-order chi connectivity index (χ0) is 14.7. The lowest BCUT2D eigenvalue weighted by Crippen LogP contribution is -2.05. The second kappa shape index (κ2) is 6.21. The Labute approximate surface area is 126 Å². The molecule has 21 heavy (non-hydrogen) atoms. The smallest absolute Gasteiger partial charge is 0.119 e. The summed E-state index contributed by atoms with van der Waals surface area (Å²) in [5.41, 5.74) is 3.39. The van der Waals surface area contributed by atoms with Gasteiger partial charge in [0.15, 0.2) is 0 Å². The van der Waals surface area contributed by atoms with Gasteiger partial charge in [-0.25, -0.2) is 0 Å². The Morgan fingerprint density at radius 1 is 0.857 bits per heavy atom. The maximum absolute atomic E-state index is 10.2. The number of rotatable bonds is 3. The molecule has 2 aromatic carbocycles. The third-order valence-corrected chi connectivity index (χ3v) is 4.46. The molecule has 1 saturated carbocycles. The highest BCUT2D eigenvalue weighted by Crippen LogP contribution is 2.37. The van der Waals surface area contributed by atoms with E-state index in [0.717, 1.165) is 17.5 Å². The molecule has 0 radical (unpaired) electrons. The van der Waals surface area contributed by atoms with E-state index in [9.17, 15) is 10.2 Å². The first-order valence-corrected chi connectivity index (χ1v) is 7.82. The highest BCUT2D eigenvalue weighted by molar-refractivity contribution is 5.41. The molecule has 3 rings (SSSR count). The van der Waals surface area contributed by atoms with Gasteiger partial charge in [0.05, 0.1) is 0 Å². The summed E-state index contributed by atoms with van der Waals surface area (Å²) in [6.07, 6.45) is 7.00. The SMILES string of the molecule is Oc1cccc(Cc2ccc(O)c(C3CCCCC3)c2)c1. The van der Waals surface area contributed by atoms with Crippen molar-refractivity contribution in [3.63, 3.8) is 0 Å². The van der Waals surface area contributed by atoms with E-state index in [1.807, 2.05) is 24.3 Å². The zero-order valence-corrected chi connectivity index (χ0v) is 12.3. The van der Waals surface area contributed by atoms with Crippen molar-refractivity contribution in [3.8, 4) is 11.5 Å². The maximum Gasteiger partial charge on any atom is 0.119 e. The first-order valence-electron chi connectivity index (χ1n) is 7.82. The second-order valence-corrected chi connectivity index (χ2v) is 6.07.